The molecule has 2 N–H and O–H groups in total. The van der Waals surface area contributed by atoms with Gasteiger partial charge in [-0.05, 0) is 24.1 Å². The summed E-state index contributed by atoms with van der Waals surface area (Å²) in [7, 11) is 0. The summed E-state index contributed by atoms with van der Waals surface area (Å²) in [6, 6.07) is 16.2. The SMILES string of the molecule is Oc1c2c(c(O)n1CC(CN1CCN(c3ccccn3)CC1)OCc1ccccc1)[C@H]1C=CC2C1. The van der Waals surface area contributed by atoms with Gasteiger partial charge in [-0.1, -0.05) is 48.6 Å². The first-order chi connectivity index (χ1) is 17.2. The third-order valence-electron chi connectivity index (χ3n) is 7.63. The van der Waals surface area contributed by atoms with E-state index in [9.17, 15) is 10.2 Å². The summed E-state index contributed by atoms with van der Waals surface area (Å²) in [4.78, 5) is 9.21. The average molecular weight is 473 g/mol. The Morgan fingerprint density at radius 3 is 2.20 bits per heavy atom. The third-order valence-corrected chi connectivity index (χ3v) is 7.63. The number of fused-ring (bicyclic) bond motifs is 5. The van der Waals surface area contributed by atoms with Gasteiger partial charge in [-0.15, -0.1) is 0 Å². The van der Waals surface area contributed by atoms with Gasteiger partial charge in [-0.2, -0.15) is 0 Å². The molecular formula is C28H32N4O3. The molecule has 2 unspecified atom stereocenters. The lowest BCUT2D eigenvalue weighted by atomic mass is 10.0. The molecule has 0 radical (unpaired) electrons. The van der Waals surface area contributed by atoms with E-state index in [-0.39, 0.29) is 29.7 Å². The minimum atomic E-state index is -0.174. The first kappa shape index (κ1) is 22.2. The number of aromatic hydroxyl groups is 2. The number of piperazine rings is 1. The predicted octanol–water partition coefficient (Wildman–Crippen LogP) is 3.84. The van der Waals surface area contributed by atoms with Crippen molar-refractivity contribution in [3.8, 4) is 11.8 Å². The van der Waals surface area contributed by atoms with E-state index in [0.717, 1.165) is 61.7 Å². The lowest BCUT2D eigenvalue weighted by Gasteiger charge is -2.37. The van der Waals surface area contributed by atoms with Crippen molar-refractivity contribution < 1.29 is 14.9 Å². The van der Waals surface area contributed by atoms with Crippen LogP contribution in [0.4, 0.5) is 5.82 Å². The Bertz CT molecular complexity index is 1150. The molecule has 7 heteroatoms. The minimum Gasteiger partial charge on any atom is -0.494 e. The maximum atomic E-state index is 11.0. The summed E-state index contributed by atoms with van der Waals surface area (Å²) in [6.45, 7) is 5.28. The fraction of sp³-hybridized carbons (Fsp3) is 0.393. The molecule has 35 heavy (non-hydrogen) atoms. The number of aromatic nitrogens is 2. The molecule has 1 saturated heterocycles. The topological polar surface area (TPSA) is 74.0 Å². The molecule has 3 aliphatic rings. The molecule has 2 bridgehead atoms. The van der Waals surface area contributed by atoms with Gasteiger partial charge in [0.05, 0.1) is 19.3 Å². The van der Waals surface area contributed by atoms with Crippen LogP contribution in [-0.2, 0) is 17.9 Å². The van der Waals surface area contributed by atoms with Gasteiger partial charge >= 0.3 is 0 Å². The predicted molar refractivity (Wildman–Crippen MR) is 135 cm³/mol. The zero-order valence-electron chi connectivity index (χ0n) is 19.8. The number of hydrogen-bond donors (Lipinski definition) is 2. The third kappa shape index (κ3) is 4.30. The van der Waals surface area contributed by atoms with E-state index in [4.69, 9.17) is 4.74 Å². The average Bonchev–Trinajstić information content (AvgIpc) is 3.59. The van der Waals surface area contributed by atoms with E-state index in [1.54, 1.807) is 4.57 Å². The molecule has 3 atom stereocenters. The highest BCUT2D eigenvalue weighted by atomic mass is 16.5. The van der Waals surface area contributed by atoms with E-state index in [1.165, 1.54) is 0 Å². The van der Waals surface area contributed by atoms with Gasteiger partial charge in [-0.25, -0.2) is 4.98 Å². The number of nitrogens with zero attached hydrogens (tertiary/aromatic N) is 4. The Morgan fingerprint density at radius 1 is 0.857 bits per heavy atom. The van der Waals surface area contributed by atoms with Crippen LogP contribution >= 0.6 is 0 Å². The highest BCUT2D eigenvalue weighted by Gasteiger charge is 2.41. The van der Waals surface area contributed by atoms with E-state index < -0.39 is 0 Å². The van der Waals surface area contributed by atoms with Crippen molar-refractivity contribution in [1.29, 1.82) is 0 Å². The second kappa shape index (κ2) is 9.40. The summed E-state index contributed by atoms with van der Waals surface area (Å²) in [5.74, 6) is 1.84. The molecule has 0 amide bonds. The monoisotopic (exact) mass is 472 g/mol. The van der Waals surface area contributed by atoms with Crippen LogP contribution in [-0.4, -0.2) is 63.5 Å². The highest BCUT2D eigenvalue weighted by molar-refractivity contribution is 5.58. The van der Waals surface area contributed by atoms with Gasteiger partial charge in [0.2, 0.25) is 0 Å². The van der Waals surface area contributed by atoms with Gasteiger partial charge in [-0.3, -0.25) is 9.47 Å². The van der Waals surface area contributed by atoms with Crippen LogP contribution in [0.15, 0.2) is 66.9 Å². The van der Waals surface area contributed by atoms with Gasteiger partial charge in [0.1, 0.15) is 5.82 Å². The quantitative estimate of drug-likeness (QED) is 0.486. The van der Waals surface area contributed by atoms with Crippen LogP contribution in [0, 0.1) is 0 Å². The maximum Gasteiger partial charge on any atom is 0.198 e. The Morgan fingerprint density at radius 2 is 1.54 bits per heavy atom. The van der Waals surface area contributed by atoms with Crippen LogP contribution in [0.2, 0.25) is 0 Å². The standard InChI is InChI=1S/C28H32N4O3/c33-27-25-21-9-10-22(16-21)26(25)28(34)32(27)18-23(35-19-20-6-2-1-3-7-20)17-30-12-14-31(15-13-30)24-8-4-5-11-29-24/h1-11,21-23,33-34H,12-19H2/t21-,22?,23?/m0/s1. The van der Waals surface area contributed by atoms with Gasteiger partial charge in [0, 0.05) is 61.9 Å². The molecule has 2 aromatic heterocycles. The molecule has 1 aliphatic heterocycles. The molecular weight excluding hydrogens is 440 g/mol. The van der Waals surface area contributed by atoms with Crippen molar-refractivity contribution in [2.75, 3.05) is 37.6 Å². The van der Waals surface area contributed by atoms with Crippen LogP contribution in [0.3, 0.4) is 0 Å². The van der Waals surface area contributed by atoms with E-state index >= 15 is 0 Å². The Balaban J connectivity index is 1.16. The van der Waals surface area contributed by atoms with Crippen molar-refractivity contribution in [2.24, 2.45) is 0 Å². The van der Waals surface area contributed by atoms with Crippen LogP contribution < -0.4 is 4.90 Å². The number of allylic oxidation sites excluding steroid dienone is 2. The number of rotatable bonds is 8. The zero-order chi connectivity index (χ0) is 23.8. The van der Waals surface area contributed by atoms with Crippen LogP contribution in [0.1, 0.15) is 34.9 Å². The molecule has 6 rings (SSSR count). The fourth-order valence-corrected chi connectivity index (χ4v) is 5.81. The van der Waals surface area contributed by atoms with E-state index in [0.29, 0.717) is 13.2 Å². The number of ether oxygens (including phenoxy) is 1. The van der Waals surface area contributed by atoms with E-state index in [2.05, 4.69) is 45.1 Å². The summed E-state index contributed by atoms with van der Waals surface area (Å²) >= 11 is 0. The number of benzene rings is 1. The summed E-state index contributed by atoms with van der Waals surface area (Å²) in [6.07, 6.45) is 6.93. The number of pyridine rings is 1. The normalized spacial score (nSPS) is 22.0. The molecule has 3 heterocycles. The summed E-state index contributed by atoms with van der Waals surface area (Å²) < 4.78 is 8.06. The van der Waals surface area contributed by atoms with Crippen LogP contribution in [0.25, 0.3) is 0 Å². The second-order valence-electron chi connectivity index (χ2n) is 9.81. The highest BCUT2D eigenvalue weighted by Crippen LogP contribution is 2.56. The van der Waals surface area contributed by atoms with Gasteiger partial charge < -0.3 is 19.8 Å². The molecule has 1 fully saturated rings. The summed E-state index contributed by atoms with van der Waals surface area (Å²) in [5, 5.41) is 22.1. The summed E-state index contributed by atoms with van der Waals surface area (Å²) in [5.41, 5.74) is 2.92. The van der Waals surface area contributed by atoms with Gasteiger partial charge in [0.15, 0.2) is 11.8 Å². The van der Waals surface area contributed by atoms with Gasteiger partial charge in [0.25, 0.3) is 0 Å². The van der Waals surface area contributed by atoms with Crippen molar-refractivity contribution in [1.82, 2.24) is 14.5 Å². The molecule has 1 aromatic carbocycles. The number of anilines is 1. The van der Waals surface area contributed by atoms with Crippen LogP contribution in [0.5, 0.6) is 11.8 Å². The maximum absolute atomic E-state index is 11.0. The lowest BCUT2D eigenvalue weighted by Crippen LogP contribution is -2.49. The smallest absolute Gasteiger partial charge is 0.198 e. The minimum absolute atomic E-state index is 0.174. The Kier molecular flexibility index (Phi) is 5.96. The molecule has 182 valence electrons. The first-order valence-electron chi connectivity index (χ1n) is 12.5. The Hall–Kier alpha value is -3.29. The molecule has 0 saturated carbocycles. The van der Waals surface area contributed by atoms with Crippen molar-refractivity contribution in [2.45, 2.75) is 37.5 Å². The molecule has 2 aliphatic carbocycles. The molecule has 0 spiro atoms. The number of hydrogen-bond acceptors (Lipinski definition) is 6. The molecule has 7 nitrogen and oxygen atoms in total. The fourth-order valence-electron chi connectivity index (χ4n) is 5.81. The van der Waals surface area contributed by atoms with Crippen molar-refractivity contribution in [3.05, 3.63) is 83.6 Å². The first-order valence-corrected chi connectivity index (χ1v) is 12.5. The van der Waals surface area contributed by atoms with Crippen molar-refractivity contribution >= 4 is 5.82 Å². The Labute approximate surface area is 205 Å². The lowest BCUT2D eigenvalue weighted by molar-refractivity contribution is 0.00198. The largest absolute Gasteiger partial charge is 0.494 e. The zero-order valence-corrected chi connectivity index (χ0v) is 19.8. The van der Waals surface area contributed by atoms with Crippen molar-refractivity contribution in [3.63, 3.8) is 0 Å². The molecule has 3 aromatic rings. The second-order valence-corrected chi connectivity index (χ2v) is 9.81. The van der Waals surface area contributed by atoms with E-state index in [1.807, 2.05) is 36.5 Å².